The van der Waals surface area contributed by atoms with Crippen molar-refractivity contribution >= 4 is 17.8 Å². The molecule has 2 fully saturated rings. The molecule has 0 spiro atoms. The molecule has 44 heavy (non-hydrogen) atoms. The molecule has 2 atom stereocenters. The number of benzene rings is 3. The summed E-state index contributed by atoms with van der Waals surface area (Å²) in [7, 11) is 0. The monoisotopic (exact) mass is 605 g/mol. The van der Waals surface area contributed by atoms with Gasteiger partial charge in [-0.05, 0) is 29.3 Å². The van der Waals surface area contributed by atoms with Gasteiger partial charge in [0, 0.05) is 31.6 Å². The fourth-order valence-electron chi connectivity index (χ4n) is 5.60. The third kappa shape index (κ3) is 6.81. The van der Waals surface area contributed by atoms with E-state index < -0.39 is 30.8 Å². The number of fused-ring (bicyclic) bond motifs is 1. The predicted octanol–water partition coefficient (Wildman–Crippen LogP) is 3.73. The number of phenolic OH excluding ortho intramolecular Hbond substituents is 1. The number of carbonyl (C=O) groups is 3. The van der Waals surface area contributed by atoms with Crippen LogP contribution in [0.1, 0.15) is 16.7 Å². The van der Waals surface area contributed by atoms with Gasteiger partial charge in [0.1, 0.15) is 23.7 Å². The number of ether oxygens (including phenoxy) is 1. The van der Waals surface area contributed by atoms with Gasteiger partial charge in [0.15, 0.2) is 0 Å². The lowest BCUT2D eigenvalue weighted by molar-refractivity contribution is -0.189. The maximum atomic E-state index is 14.1. The number of phenols is 1. The molecular formula is C32H33F2N5O5. The Hall–Kier alpha value is -4.97. The molecule has 10 nitrogen and oxygen atoms in total. The SMILES string of the molecule is C=CCN1CC(=O)N2C(Cc3ccc(O)cc3)C(=O)N(Cc3ccccc3OC(F)F)CC2N1C(=O)NCc1ccccc1. The number of amides is 4. The van der Waals surface area contributed by atoms with Crippen molar-refractivity contribution in [3.05, 3.63) is 108 Å². The van der Waals surface area contributed by atoms with Gasteiger partial charge >= 0.3 is 12.6 Å². The number of hydrazine groups is 1. The van der Waals surface area contributed by atoms with Crippen molar-refractivity contribution in [3.63, 3.8) is 0 Å². The molecule has 0 aromatic heterocycles. The van der Waals surface area contributed by atoms with Gasteiger partial charge in [-0.2, -0.15) is 8.78 Å². The van der Waals surface area contributed by atoms with E-state index in [1.807, 2.05) is 30.3 Å². The van der Waals surface area contributed by atoms with Crippen LogP contribution in [0.15, 0.2) is 91.5 Å². The van der Waals surface area contributed by atoms with E-state index in [1.54, 1.807) is 41.4 Å². The minimum atomic E-state index is -3.06. The molecule has 0 bridgehead atoms. The number of nitrogens with zero attached hydrogens (tertiary/aromatic N) is 4. The second-order valence-electron chi connectivity index (χ2n) is 10.5. The van der Waals surface area contributed by atoms with Crippen LogP contribution in [0.25, 0.3) is 0 Å². The summed E-state index contributed by atoms with van der Waals surface area (Å²) in [5.74, 6) is -0.772. The quantitative estimate of drug-likeness (QED) is 0.342. The van der Waals surface area contributed by atoms with Crippen LogP contribution in [0.2, 0.25) is 0 Å². The highest BCUT2D eigenvalue weighted by atomic mass is 19.3. The molecule has 4 amide bonds. The number of nitrogens with one attached hydrogen (secondary N) is 1. The molecule has 230 valence electrons. The number of halogens is 2. The van der Waals surface area contributed by atoms with E-state index in [2.05, 4.69) is 11.9 Å². The van der Waals surface area contributed by atoms with Crippen LogP contribution in [0.5, 0.6) is 11.5 Å². The van der Waals surface area contributed by atoms with Crippen molar-refractivity contribution in [1.82, 2.24) is 25.1 Å². The van der Waals surface area contributed by atoms with Gasteiger partial charge in [-0.1, -0.05) is 66.7 Å². The lowest BCUT2D eigenvalue weighted by Gasteiger charge is -2.55. The zero-order valence-electron chi connectivity index (χ0n) is 23.9. The summed E-state index contributed by atoms with van der Waals surface area (Å²) in [5.41, 5.74) is 1.91. The van der Waals surface area contributed by atoms with Gasteiger partial charge in [0.25, 0.3) is 0 Å². The highest BCUT2D eigenvalue weighted by Gasteiger charge is 2.51. The molecule has 2 aliphatic rings. The maximum absolute atomic E-state index is 14.1. The summed E-state index contributed by atoms with van der Waals surface area (Å²) < 4.78 is 31.1. The smallest absolute Gasteiger partial charge is 0.387 e. The molecule has 2 N–H and O–H groups in total. The number of hydrogen-bond donors (Lipinski definition) is 2. The molecule has 0 aliphatic carbocycles. The Morgan fingerprint density at radius 3 is 2.43 bits per heavy atom. The van der Waals surface area contributed by atoms with Crippen molar-refractivity contribution in [3.8, 4) is 11.5 Å². The van der Waals surface area contributed by atoms with Crippen LogP contribution in [0.4, 0.5) is 13.6 Å². The van der Waals surface area contributed by atoms with E-state index >= 15 is 0 Å². The Kier molecular flexibility index (Phi) is 9.39. The first-order chi connectivity index (χ1) is 21.2. The number of hydrogen-bond acceptors (Lipinski definition) is 6. The molecule has 3 aromatic carbocycles. The summed E-state index contributed by atoms with van der Waals surface area (Å²) in [6, 6.07) is 20.4. The molecule has 2 unspecified atom stereocenters. The number of urea groups is 1. The van der Waals surface area contributed by atoms with Crippen molar-refractivity contribution in [1.29, 1.82) is 0 Å². The zero-order chi connectivity index (χ0) is 31.2. The van der Waals surface area contributed by atoms with Crippen molar-refractivity contribution in [2.75, 3.05) is 19.6 Å². The van der Waals surface area contributed by atoms with E-state index in [0.717, 1.165) is 5.56 Å². The summed E-state index contributed by atoms with van der Waals surface area (Å²) >= 11 is 0. The number of piperazine rings is 1. The Bertz CT molecular complexity index is 1490. The van der Waals surface area contributed by atoms with E-state index in [-0.39, 0.29) is 56.6 Å². The summed E-state index contributed by atoms with van der Waals surface area (Å²) in [4.78, 5) is 44.5. The van der Waals surface area contributed by atoms with E-state index in [1.165, 1.54) is 33.0 Å². The van der Waals surface area contributed by atoms with Crippen LogP contribution in [0.3, 0.4) is 0 Å². The molecule has 12 heteroatoms. The number of para-hydroxylation sites is 1. The standard InChI is InChI=1S/C32H33F2N5O5/c1-2-16-37-21-29(41)38-26(17-22-12-14-25(40)15-13-22)30(42)36(19-24-10-6-7-11-27(24)44-31(33)34)20-28(38)39(37)32(43)35-18-23-8-4-3-5-9-23/h2-15,26,28,31,40H,1,16-21H2,(H,35,43). The second-order valence-corrected chi connectivity index (χ2v) is 10.5. The molecule has 5 rings (SSSR count). The number of rotatable bonds is 10. The Morgan fingerprint density at radius 1 is 1.02 bits per heavy atom. The van der Waals surface area contributed by atoms with E-state index in [0.29, 0.717) is 11.1 Å². The molecule has 3 aromatic rings. The van der Waals surface area contributed by atoms with Gasteiger partial charge < -0.3 is 25.0 Å². The van der Waals surface area contributed by atoms with Crippen molar-refractivity contribution in [2.24, 2.45) is 0 Å². The fraction of sp³-hybridized carbons (Fsp3) is 0.281. The molecule has 2 saturated heterocycles. The first-order valence-electron chi connectivity index (χ1n) is 14.1. The van der Waals surface area contributed by atoms with Crippen molar-refractivity contribution < 1.29 is 33.0 Å². The third-order valence-electron chi connectivity index (χ3n) is 7.58. The molecule has 0 radical (unpaired) electrons. The van der Waals surface area contributed by atoms with Crippen LogP contribution in [0, 0.1) is 0 Å². The van der Waals surface area contributed by atoms with Gasteiger partial charge in [-0.3, -0.25) is 9.59 Å². The van der Waals surface area contributed by atoms with Crippen LogP contribution in [-0.2, 0) is 29.1 Å². The van der Waals surface area contributed by atoms with Crippen LogP contribution < -0.4 is 10.1 Å². The Balaban J connectivity index is 1.51. The van der Waals surface area contributed by atoms with Gasteiger partial charge in [-0.25, -0.2) is 14.8 Å². The first kappa shape index (κ1) is 30.5. The summed E-state index contributed by atoms with van der Waals surface area (Å²) in [5, 5.41) is 15.7. The normalized spacial score (nSPS) is 18.8. The number of carbonyl (C=O) groups excluding carboxylic acids is 3. The lowest BCUT2D eigenvalue weighted by atomic mass is 9.98. The summed E-state index contributed by atoms with van der Waals surface area (Å²) in [6.07, 6.45) is 0.779. The van der Waals surface area contributed by atoms with Crippen LogP contribution >= 0.6 is 0 Å². The third-order valence-corrected chi connectivity index (χ3v) is 7.58. The van der Waals surface area contributed by atoms with Gasteiger partial charge in [-0.15, -0.1) is 6.58 Å². The van der Waals surface area contributed by atoms with E-state index in [9.17, 15) is 28.3 Å². The molecule has 0 saturated carbocycles. The van der Waals surface area contributed by atoms with Gasteiger partial charge in [0.05, 0.1) is 13.1 Å². The average Bonchev–Trinajstić information content (AvgIpc) is 3.00. The van der Waals surface area contributed by atoms with Crippen LogP contribution in [-0.4, -0.2) is 81.2 Å². The topological polar surface area (TPSA) is 106 Å². The molecule has 2 aliphatic heterocycles. The zero-order valence-corrected chi connectivity index (χ0v) is 23.9. The molecular weight excluding hydrogens is 572 g/mol. The predicted molar refractivity (Wildman–Crippen MR) is 157 cm³/mol. The second kappa shape index (κ2) is 13.6. The largest absolute Gasteiger partial charge is 0.508 e. The van der Waals surface area contributed by atoms with E-state index in [4.69, 9.17) is 4.74 Å². The first-order valence-corrected chi connectivity index (χ1v) is 14.1. The number of aromatic hydroxyl groups is 1. The Morgan fingerprint density at radius 2 is 1.73 bits per heavy atom. The summed E-state index contributed by atoms with van der Waals surface area (Å²) in [6.45, 7) is 0.818. The highest BCUT2D eigenvalue weighted by molar-refractivity contribution is 5.91. The maximum Gasteiger partial charge on any atom is 0.387 e. The minimum absolute atomic E-state index is 0.0502. The molecule has 2 heterocycles. The lowest BCUT2D eigenvalue weighted by Crippen LogP contribution is -2.76. The highest BCUT2D eigenvalue weighted by Crippen LogP contribution is 2.31. The fourth-order valence-corrected chi connectivity index (χ4v) is 5.60. The average molecular weight is 606 g/mol. The Labute approximate surface area is 253 Å². The number of alkyl halides is 2. The van der Waals surface area contributed by atoms with Crippen molar-refractivity contribution in [2.45, 2.75) is 38.3 Å². The minimum Gasteiger partial charge on any atom is -0.508 e. The van der Waals surface area contributed by atoms with Gasteiger partial charge in [0.2, 0.25) is 11.8 Å².